The minimum atomic E-state index is -0.282. The molecule has 3 heterocycles. The molecule has 4 rings (SSSR count). The second-order valence-corrected chi connectivity index (χ2v) is 8.90. The van der Waals surface area contributed by atoms with Gasteiger partial charge in [-0.3, -0.25) is 4.79 Å². The molecule has 0 atom stereocenters. The Balaban J connectivity index is 1.36. The average molecular weight is 477 g/mol. The van der Waals surface area contributed by atoms with E-state index in [0.717, 1.165) is 30.0 Å². The fraction of sp³-hybridized carbons (Fsp3) is 0.385. The lowest BCUT2D eigenvalue weighted by atomic mass is 10.1. The number of rotatable bonds is 7. The smallest absolute Gasteiger partial charge is 0.318 e. The minimum absolute atomic E-state index is 0.00910. The Morgan fingerprint density at radius 1 is 1.00 bits per heavy atom. The zero-order chi connectivity index (χ0) is 24.6. The second kappa shape index (κ2) is 11.5. The van der Waals surface area contributed by atoms with E-state index in [0.29, 0.717) is 25.4 Å². The number of hydrogen-bond acceptors (Lipinski definition) is 6. The third kappa shape index (κ3) is 6.59. The molecule has 9 heteroatoms. The van der Waals surface area contributed by atoms with Gasteiger partial charge in [0.1, 0.15) is 12.3 Å². The maximum absolute atomic E-state index is 13.2. The van der Waals surface area contributed by atoms with Crippen molar-refractivity contribution in [3.8, 4) is 11.3 Å². The Labute approximate surface area is 205 Å². The normalized spacial score (nSPS) is 14.0. The molecule has 0 aliphatic carbocycles. The Kier molecular flexibility index (Phi) is 7.97. The first-order chi connectivity index (χ1) is 17.0. The van der Waals surface area contributed by atoms with Gasteiger partial charge >= 0.3 is 6.03 Å². The summed E-state index contributed by atoms with van der Waals surface area (Å²) in [5.74, 6) is 1.36. The number of furan rings is 1. The number of urea groups is 1. The van der Waals surface area contributed by atoms with Crippen LogP contribution in [0.4, 0.5) is 10.6 Å². The van der Waals surface area contributed by atoms with Crippen LogP contribution < -0.4 is 10.2 Å². The first-order valence-electron chi connectivity index (χ1n) is 12.0. The van der Waals surface area contributed by atoms with E-state index in [9.17, 15) is 9.59 Å². The van der Waals surface area contributed by atoms with E-state index in [1.165, 1.54) is 4.90 Å². The number of nitrogens with one attached hydrogen (secondary N) is 1. The summed E-state index contributed by atoms with van der Waals surface area (Å²) < 4.78 is 5.40. The summed E-state index contributed by atoms with van der Waals surface area (Å²) in [6.45, 7) is 6.64. The predicted octanol–water partition coefficient (Wildman–Crippen LogP) is 3.40. The van der Waals surface area contributed by atoms with Crippen molar-refractivity contribution < 1.29 is 14.0 Å². The quantitative estimate of drug-likeness (QED) is 0.562. The van der Waals surface area contributed by atoms with Gasteiger partial charge in [-0.05, 0) is 44.5 Å². The fourth-order valence-corrected chi connectivity index (χ4v) is 4.04. The zero-order valence-corrected chi connectivity index (χ0v) is 20.3. The minimum Gasteiger partial charge on any atom is -0.467 e. The highest BCUT2D eigenvalue weighted by molar-refractivity contribution is 5.84. The number of carbonyl (C=O) groups excluding carboxylic acids is 2. The average Bonchev–Trinajstić information content (AvgIpc) is 3.25. The van der Waals surface area contributed by atoms with E-state index in [-0.39, 0.29) is 31.1 Å². The van der Waals surface area contributed by atoms with Crippen LogP contribution in [0, 0.1) is 0 Å². The molecule has 0 bridgehead atoms. The largest absolute Gasteiger partial charge is 0.467 e. The monoisotopic (exact) mass is 476 g/mol. The van der Waals surface area contributed by atoms with Crippen LogP contribution in [0.25, 0.3) is 11.3 Å². The van der Waals surface area contributed by atoms with Crippen LogP contribution in [-0.4, -0.2) is 70.7 Å². The molecule has 0 spiro atoms. The molecule has 1 saturated heterocycles. The van der Waals surface area contributed by atoms with Crippen molar-refractivity contribution in [3.05, 3.63) is 66.6 Å². The Hall–Kier alpha value is -3.88. The zero-order valence-electron chi connectivity index (χ0n) is 20.3. The maximum Gasteiger partial charge on any atom is 0.318 e. The van der Waals surface area contributed by atoms with Gasteiger partial charge in [0, 0.05) is 37.8 Å². The molecule has 0 unspecified atom stereocenters. The lowest BCUT2D eigenvalue weighted by Crippen LogP contribution is -2.48. The van der Waals surface area contributed by atoms with Crippen LogP contribution in [0.1, 0.15) is 26.0 Å². The highest BCUT2D eigenvalue weighted by atomic mass is 16.3. The van der Waals surface area contributed by atoms with Crippen molar-refractivity contribution in [1.82, 2.24) is 25.3 Å². The number of benzene rings is 1. The van der Waals surface area contributed by atoms with E-state index >= 15 is 0 Å². The fourth-order valence-electron chi connectivity index (χ4n) is 4.04. The van der Waals surface area contributed by atoms with Gasteiger partial charge in [-0.25, -0.2) is 4.79 Å². The topological polar surface area (TPSA) is 94.8 Å². The first-order valence-corrected chi connectivity index (χ1v) is 12.0. The number of nitrogens with zero attached hydrogens (tertiary/aromatic N) is 5. The van der Waals surface area contributed by atoms with Crippen molar-refractivity contribution >= 4 is 17.8 Å². The predicted molar refractivity (Wildman–Crippen MR) is 134 cm³/mol. The molecule has 1 fully saturated rings. The van der Waals surface area contributed by atoms with Crippen LogP contribution in [0.3, 0.4) is 0 Å². The van der Waals surface area contributed by atoms with E-state index in [4.69, 9.17) is 4.42 Å². The summed E-state index contributed by atoms with van der Waals surface area (Å²) in [5, 5.41) is 11.7. The molecule has 1 N–H and O–H groups in total. The summed E-state index contributed by atoms with van der Waals surface area (Å²) in [7, 11) is 0. The van der Waals surface area contributed by atoms with Gasteiger partial charge in [-0.15, -0.1) is 10.2 Å². The SMILES string of the molecule is CC(C)NC(=O)N(CC(=O)N1CCCN(c2ccc(-c3ccccc3)nn2)CC1)Cc1ccco1. The van der Waals surface area contributed by atoms with Gasteiger partial charge in [0.25, 0.3) is 0 Å². The molecule has 0 radical (unpaired) electrons. The third-order valence-electron chi connectivity index (χ3n) is 5.84. The van der Waals surface area contributed by atoms with E-state index < -0.39 is 0 Å². The van der Waals surface area contributed by atoms with Gasteiger partial charge in [0.15, 0.2) is 5.82 Å². The standard InChI is InChI=1S/C26H32N6O3/c1-20(2)27-26(34)32(18-22-10-6-17-35-22)19-25(33)31-14-7-13-30(15-16-31)24-12-11-23(28-29-24)21-8-4-3-5-9-21/h3-6,8-12,17,20H,7,13-16,18-19H2,1-2H3,(H,27,34). The molecule has 2 aromatic heterocycles. The molecule has 9 nitrogen and oxygen atoms in total. The Morgan fingerprint density at radius 3 is 2.51 bits per heavy atom. The van der Waals surface area contributed by atoms with Gasteiger partial charge in [-0.1, -0.05) is 30.3 Å². The third-order valence-corrected chi connectivity index (χ3v) is 5.84. The van der Waals surface area contributed by atoms with Crippen molar-refractivity contribution in [1.29, 1.82) is 0 Å². The van der Waals surface area contributed by atoms with Crippen molar-refractivity contribution in [2.24, 2.45) is 0 Å². The van der Waals surface area contributed by atoms with Gasteiger partial charge in [0.05, 0.1) is 18.5 Å². The summed E-state index contributed by atoms with van der Waals surface area (Å²) in [5.41, 5.74) is 1.86. The Morgan fingerprint density at radius 2 is 1.83 bits per heavy atom. The van der Waals surface area contributed by atoms with E-state index in [2.05, 4.69) is 20.4 Å². The molecular formula is C26H32N6O3. The van der Waals surface area contributed by atoms with Crippen molar-refractivity contribution in [3.63, 3.8) is 0 Å². The van der Waals surface area contributed by atoms with Gasteiger partial charge in [0.2, 0.25) is 5.91 Å². The van der Waals surface area contributed by atoms with Crippen molar-refractivity contribution in [2.75, 3.05) is 37.6 Å². The van der Waals surface area contributed by atoms with Crippen LogP contribution in [0.2, 0.25) is 0 Å². The number of anilines is 1. The number of aromatic nitrogens is 2. The molecule has 3 aromatic rings. The highest BCUT2D eigenvalue weighted by Crippen LogP contribution is 2.19. The lowest BCUT2D eigenvalue weighted by Gasteiger charge is -2.27. The second-order valence-electron chi connectivity index (χ2n) is 8.90. The molecule has 1 aliphatic heterocycles. The van der Waals surface area contributed by atoms with Crippen LogP contribution in [0.5, 0.6) is 0 Å². The van der Waals surface area contributed by atoms with Crippen LogP contribution in [0.15, 0.2) is 65.3 Å². The Bertz CT molecular complexity index is 1090. The first kappa shape index (κ1) is 24.3. The molecule has 184 valence electrons. The number of hydrogen-bond donors (Lipinski definition) is 1. The van der Waals surface area contributed by atoms with E-state index in [1.54, 1.807) is 18.4 Å². The summed E-state index contributed by atoms with van der Waals surface area (Å²) in [4.78, 5) is 31.3. The van der Waals surface area contributed by atoms with Gasteiger partial charge < -0.3 is 24.4 Å². The molecule has 1 aliphatic rings. The molecule has 1 aromatic carbocycles. The van der Waals surface area contributed by atoms with Gasteiger partial charge in [-0.2, -0.15) is 0 Å². The maximum atomic E-state index is 13.2. The molecular weight excluding hydrogens is 444 g/mol. The lowest BCUT2D eigenvalue weighted by molar-refractivity contribution is -0.131. The van der Waals surface area contributed by atoms with E-state index in [1.807, 2.05) is 61.2 Å². The summed E-state index contributed by atoms with van der Waals surface area (Å²) in [6, 6.07) is 17.2. The number of carbonyl (C=O) groups is 2. The molecule has 35 heavy (non-hydrogen) atoms. The highest BCUT2D eigenvalue weighted by Gasteiger charge is 2.25. The molecule has 0 saturated carbocycles. The summed E-state index contributed by atoms with van der Waals surface area (Å²) in [6.07, 6.45) is 2.37. The van der Waals surface area contributed by atoms with Crippen LogP contribution >= 0.6 is 0 Å². The number of amides is 3. The molecule has 3 amide bonds. The van der Waals surface area contributed by atoms with Crippen molar-refractivity contribution in [2.45, 2.75) is 32.9 Å². The summed E-state index contributed by atoms with van der Waals surface area (Å²) >= 11 is 0. The van der Waals surface area contributed by atoms with Crippen LogP contribution in [-0.2, 0) is 11.3 Å².